The van der Waals surface area contributed by atoms with Gasteiger partial charge in [-0.25, -0.2) is 0 Å². The number of hydrogen-bond donors (Lipinski definition) is 0. The Balaban J connectivity index is 2.49. The van der Waals surface area contributed by atoms with E-state index in [0.717, 1.165) is 21.6 Å². The minimum absolute atomic E-state index is 0.0624. The van der Waals surface area contributed by atoms with Gasteiger partial charge in [-0.15, -0.1) is 0 Å². The lowest BCUT2D eigenvalue weighted by atomic mass is 10.3. The molecule has 0 spiro atoms. The highest BCUT2D eigenvalue weighted by atomic mass is 32.2. The first kappa shape index (κ1) is 14.5. The van der Waals surface area contributed by atoms with Crippen molar-refractivity contribution in [2.75, 3.05) is 6.61 Å². The van der Waals surface area contributed by atoms with E-state index < -0.39 is 5.51 Å². The Morgan fingerprint density at radius 1 is 1.32 bits per heavy atom. The fourth-order valence-electron chi connectivity index (χ4n) is 1.77. The molecule has 0 bridgehead atoms. The van der Waals surface area contributed by atoms with E-state index in [2.05, 4.69) is 0 Å². The second-order valence-corrected chi connectivity index (χ2v) is 6.07. The molecule has 7 heteroatoms. The van der Waals surface area contributed by atoms with Crippen LogP contribution in [0.1, 0.15) is 13.8 Å². The number of aromatic nitrogens is 1. The number of thiazole rings is 1. The lowest BCUT2D eigenvalue weighted by molar-refractivity contribution is -0.698. The van der Waals surface area contributed by atoms with Gasteiger partial charge in [0.15, 0.2) is 0 Å². The summed E-state index contributed by atoms with van der Waals surface area (Å²) in [6.07, 6.45) is 0. The number of aryl methyl sites for hydroxylation is 1. The van der Waals surface area contributed by atoms with Crippen LogP contribution in [-0.4, -0.2) is 12.1 Å². The van der Waals surface area contributed by atoms with Gasteiger partial charge < -0.3 is 4.74 Å². The van der Waals surface area contributed by atoms with Gasteiger partial charge in [0.2, 0.25) is 5.52 Å². The average Bonchev–Trinajstić information content (AvgIpc) is 2.63. The monoisotopic (exact) mass is 308 g/mol. The molecule has 0 fully saturated rings. The molecule has 0 unspecified atom stereocenters. The summed E-state index contributed by atoms with van der Waals surface area (Å²) in [5.74, 6) is 0.679. The van der Waals surface area contributed by atoms with E-state index in [1.54, 1.807) is 22.8 Å². The molecule has 0 N–H and O–H groups in total. The van der Waals surface area contributed by atoms with Crippen molar-refractivity contribution >= 4 is 33.3 Å². The van der Waals surface area contributed by atoms with E-state index in [0.29, 0.717) is 18.9 Å². The second kappa shape index (κ2) is 5.58. The van der Waals surface area contributed by atoms with Crippen molar-refractivity contribution in [2.45, 2.75) is 30.2 Å². The molecule has 1 aromatic carbocycles. The third-order valence-electron chi connectivity index (χ3n) is 2.47. The number of fused-ring (bicyclic) bond motifs is 1. The zero-order valence-electron chi connectivity index (χ0n) is 10.5. The number of hydrogen-bond acceptors (Lipinski definition) is 3. The molecule has 0 amide bonds. The van der Waals surface area contributed by atoms with Gasteiger partial charge in [0.05, 0.1) is 24.4 Å². The summed E-state index contributed by atoms with van der Waals surface area (Å²) in [6, 6.07) is 5.38. The molecule has 0 radical (unpaired) electrons. The highest BCUT2D eigenvalue weighted by Crippen LogP contribution is 2.40. The SMILES string of the molecule is CCOc1ccc2sc(SC(F)(F)F)[n+](CC)c2c1. The van der Waals surface area contributed by atoms with Gasteiger partial charge in [0, 0.05) is 0 Å². The van der Waals surface area contributed by atoms with Crippen molar-refractivity contribution in [3.63, 3.8) is 0 Å². The minimum Gasteiger partial charge on any atom is -0.494 e. The Labute approximate surface area is 117 Å². The Morgan fingerprint density at radius 3 is 2.63 bits per heavy atom. The van der Waals surface area contributed by atoms with Gasteiger partial charge >= 0.3 is 9.85 Å². The van der Waals surface area contributed by atoms with E-state index in [1.807, 2.05) is 13.8 Å². The van der Waals surface area contributed by atoms with Gasteiger partial charge in [-0.3, -0.25) is 0 Å². The number of rotatable bonds is 4. The van der Waals surface area contributed by atoms with Crippen LogP contribution in [0.5, 0.6) is 5.75 Å². The maximum Gasteiger partial charge on any atom is 0.452 e. The van der Waals surface area contributed by atoms with Crippen molar-refractivity contribution < 1.29 is 22.5 Å². The van der Waals surface area contributed by atoms with Gasteiger partial charge in [-0.05, 0) is 26.0 Å². The summed E-state index contributed by atoms with van der Waals surface area (Å²) in [6.45, 7) is 4.73. The van der Waals surface area contributed by atoms with Crippen LogP contribution in [0.2, 0.25) is 0 Å². The maximum absolute atomic E-state index is 12.5. The molecule has 2 aromatic rings. The normalized spacial score (nSPS) is 12.1. The van der Waals surface area contributed by atoms with Crippen molar-refractivity contribution in [3.05, 3.63) is 18.2 Å². The smallest absolute Gasteiger partial charge is 0.452 e. The average molecular weight is 308 g/mol. The third kappa shape index (κ3) is 3.33. The molecule has 0 aliphatic carbocycles. The van der Waals surface area contributed by atoms with Crippen molar-refractivity contribution in [3.8, 4) is 5.75 Å². The van der Waals surface area contributed by atoms with Crippen LogP contribution in [-0.2, 0) is 6.54 Å². The number of halogens is 3. The van der Waals surface area contributed by atoms with E-state index in [-0.39, 0.29) is 16.1 Å². The van der Waals surface area contributed by atoms with E-state index >= 15 is 0 Å². The number of thioether (sulfide) groups is 1. The van der Waals surface area contributed by atoms with Crippen LogP contribution in [0.15, 0.2) is 22.5 Å². The molecule has 0 aliphatic heterocycles. The van der Waals surface area contributed by atoms with Crippen LogP contribution < -0.4 is 9.30 Å². The van der Waals surface area contributed by atoms with Gasteiger partial charge in [-0.2, -0.15) is 17.7 Å². The van der Waals surface area contributed by atoms with E-state index in [4.69, 9.17) is 4.74 Å². The summed E-state index contributed by atoms with van der Waals surface area (Å²) in [5, 5.41) is 0. The third-order valence-corrected chi connectivity index (χ3v) is 4.56. The Kier molecular flexibility index (Phi) is 4.25. The first-order valence-corrected chi connectivity index (χ1v) is 7.42. The van der Waals surface area contributed by atoms with Gasteiger partial charge in [0.25, 0.3) is 0 Å². The summed E-state index contributed by atoms with van der Waals surface area (Å²) in [5.41, 5.74) is -3.48. The van der Waals surface area contributed by atoms with Gasteiger partial charge in [-0.1, -0.05) is 11.3 Å². The van der Waals surface area contributed by atoms with Crippen molar-refractivity contribution in [1.82, 2.24) is 0 Å². The first-order chi connectivity index (χ1) is 8.94. The molecule has 2 nitrogen and oxygen atoms in total. The molecule has 1 heterocycles. The molecule has 104 valence electrons. The number of nitrogens with zero attached hydrogens (tertiary/aromatic N) is 1. The summed E-state index contributed by atoms with van der Waals surface area (Å²) >= 11 is 1.09. The lowest BCUT2D eigenvalue weighted by Gasteiger charge is -2.02. The molecule has 2 rings (SSSR count). The highest BCUT2D eigenvalue weighted by Gasteiger charge is 2.36. The number of ether oxygens (including phenoxy) is 1. The van der Waals surface area contributed by atoms with Crippen LogP contribution in [0.25, 0.3) is 10.2 Å². The molecule has 0 atom stereocenters. The summed E-state index contributed by atoms with van der Waals surface area (Å²) < 4.78 is 45.7. The predicted molar refractivity (Wildman–Crippen MR) is 70.8 cm³/mol. The fraction of sp³-hybridized carbons (Fsp3) is 0.417. The molecular formula is C12H13F3NOS2+. The van der Waals surface area contributed by atoms with Crippen LogP contribution in [0.3, 0.4) is 0 Å². The quantitative estimate of drug-likeness (QED) is 0.620. The number of benzene rings is 1. The van der Waals surface area contributed by atoms with Crippen LogP contribution >= 0.6 is 23.1 Å². The van der Waals surface area contributed by atoms with Crippen molar-refractivity contribution in [1.29, 1.82) is 0 Å². The van der Waals surface area contributed by atoms with Crippen LogP contribution in [0, 0.1) is 0 Å². The molecule has 0 aliphatic rings. The van der Waals surface area contributed by atoms with E-state index in [1.165, 1.54) is 0 Å². The zero-order valence-corrected chi connectivity index (χ0v) is 12.1. The van der Waals surface area contributed by atoms with Gasteiger partial charge in [0.1, 0.15) is 17.0 Å². The molecule has 19 heavy (non-hydrogen) atoms. The first-order valence-electron chi connectivity index (χ1n) is 5.79. The predicted octanol–water partition coefficient (Wildman–Crippen LogP) is 4.22. The fourth-order valence-corrected chi connectivity index (χ4v) is 3.96. The Hall–Kier alpha value is -0.950. The number of alkyl halides is 3. The molecule has 1 aromatic heterocycles. The maximum atomic E-state index is 12.5. The standard InChI is InChI=1S/C12H13F3NOS2/c1-3-16-9-7-8(17-4-2)5-6-10(9)18-11(16)19-12(13,14)15/h5-7H,3-4H2,1-2H3/q+1. The summed E-state index contributed by atoms with van der Waals surface area (Å²) in [7, 11) is 0. The largest absolute Gasteiger partial charge is 0.494 e. The molecular weight excluding hydrogens is 295 g/mol. The minimum atomic E-state index is -4.26. The van der Waals surface area contributed by atoms with Crippen molar-refractivity contribution in [2.24, 2.45) is 0 Å². The Bertz CT molecular complexity index is 580. The lowest BCUT2D eigenvalue weighted by Crippen LogP contribution is -2.33. The highest BCUT2D eigenvalue weighted by molar-refractivity contribution is 8.01. The summed E-state index contributed by atoms with van der Waals surface area (Å²) in [4.78, 5) is 0. The van der Waals surface area contributed by atoms with Crippen LogP contribution in [0.4, 0.5) is 13.2 Å². The second-order valence-electron chi connectivity index (χ2n) is 3.72. The zero-order chi connectivity index (χ0) is 14.0. The molecule has 0 saturated carbocycles. The Morgan fingerprint density at radius 2 is 2.05 bits per heavy atom. The topological polar surface area (TPSA) is 13.1 Å². The molecule has 0 saturated heterocycles. The van der Waals surface area contributed by atoms with E-state index in [9.17, 15) is 13.2 Å².